The first-order valence-electron chi connectivity index (χ1n) is 4.57. The van der Waals surface area contributed by atoms with Gasteiger partial charge in [0.05, 0.1) is 12.2 Å². The minimum absolute atomic E-state index is 0.210. The van der Waals surface area contributed by atoms with E-state index in [0.717, 1.165) is 22.9 Å². The second kappa shape index (κ2) is 5.85. The number of ether oxygens (including phenoxy) is 1. The summed E-state index contributed by atoms with van der Waals surface area (Å²) in [4.78, 5) is 0. The molecule has 0 aliphatic carbocycles. The summed E-state index contributed by atoms with van der Waals surface area (Å²) in [6.45, 7) is 2.01. The normalized spacial score (nSPS) is 15.4. The number of aliphatic hydroxyl groups excluding tert-OH is 1. The number of hydrogen-bond donors (Lipinski definition) is 1. The molecule has 0 aliphatic rings. The Kier molecular flexibility index (Phi) is 5.09. The molecule has 0 aliphatic heterocycles. The highest BCUT2D eigenvalue weighted by atomic mass is 79.9. The Morgan fingerprint density at radius 1 is 1.50 bits per heavy atom. The molecule has 1 aromatic heterocycles. The molecule has 0 spiro atoms. The number of thiophene rings is 1. The van der Waals surface area contributed by atoms with E-state index in [9.17, 15) is 5.11 Å². The fraction of sp³-hybridized carbons (Fsp3) is 0.600. The summed E-state index contributed by atoms with van der Waals surface area (Å²) >= 11 is 5.01. The van der Waals surface area contributed by atoms with Crippen molar-refractivity contribution in [2.24, 2.45) is 0 Å². The number of halogens is 1. The maximum Gasteiger partial charge on any atom is 0.0810 e. The third-order valence-electron chi connectivity index (χ3n) is 2.25. The van der Waals surface area contributed by atoms with Crippen LogP contribution in [0, 0.1) is 0 Å². The van der Waals surface area contributed by atoms with E-state index in [2.05, 4.69) is 15.9 Å². The summed E-state index contributed by atoms with van der Waals surface area (Å²) in [5.41, 5.74) is 0.985. The Morgan fingerprint density at radius 2 is 2.21 bits per heavy atom. The lowest BCUT2D eigenvalue weighted by Gasteiger charge is -2.13. The van der Waals surface area contributed by atoms with Gasteiger partial charge in [0.15, 0.2) is 0 Å². The molecule has 1 N–H and O–H groups in total. The van der Waals surface area contributed by atoms with Crippen molar-refractivity contribution in [3.63, 3.8) is 0 Å². The van der Waals surface area contributed by atoms with Gasteiger partial charge in [-0.1, -0.05) is 0 Å². The SMILES string of the molecule is COC(C)CCC(O)c1cscc1Br. The van der Waals surface area contributed by atoms with Crippen LogP contribution in [-0.4, -0.2) is 18.3 Å². The zero-order valence-corrected chi connectivity index (χ0v) is 10.8. The standard InChI is InChI=1S/C10H15BrO2S/c1-7(13-2)3-4-10(12)8-5-14-6-9(8)11/h5-7,10,12H,3-4H2,1-2H3. The number of hydrogen-bond acceptors (Lipinski definition) is 3. The molecule has 80 valence electrons. The van der Waals surface area contributed by atoms with E-state index in [0.29, 0.717) is 0 Å². The van der Waals surface area contributed by atoms with E-state index in [1.807, 2.05) is 17.7 Å². The van der Waals surface area contributed by atoms with Gasteiger partial charge in [0, 0.05) is 22.5 Å². The zero-order valence-electron chi connectivity index (χ0n) is 8.37. The fourth-order valence-electron chi connectivity index (χ4n) is 1.20. The van der Waals surface area contributed by atoms with Gasteiger partial charge in [-0.2, -0.15) is 11.3 Å². The Morgan fingerprint density at radius 3 is 2.71 bits per heavy atom. The molecular formula is C10H15BrO2S. The first kappa shape index (κ1) is 12.2. The third-order valence-corrected chi connectivity index (χ3v) is 4.00. The van der Waals surface area contributed by atoms with Gasteiger partial charge < -0.3 is 9.84 Å². The van der Waals surface area contributed by atoms with Crippen LogP contribution in [0.3, 0.4) is 0 Å². The number of aliphatic hydroxyl groups is 1. The summed E-state index contributed by atoms with van der Waals surface area (Å²) in [7, 11) is 1.69. The molecule has 1 heterocycles. The second-order valence-electron chi connectivity index (χ2n) is 3.31. The average molecular weight is 279 g/mol. The van der Waals surface area contributed by atoms with Crippen LogP contribution in [0.2, 0.25) is 0 Å². The first-order chi connectivity index (χ1) is 6.65. The van der Waals surface area contributed by atoms with Crippen molar-refractivity contribution in [2.45, 2.75) is 32.0 Å². The monoisotopic (exact) mass is 278 g/mol. The highest BCUT2D eigenvalue weighted by molar-refractivity contribution is 9.10. The summed E-state index contributed by atoms with van der Waals surface area (Å²) in [5.74, 6) is 0. The van der Waals surface area contributed by atoms with E-state index < -0.39 is 0 Å². The molecule has 0 fully saturated rings. The van der Waals surface area contributed by atoms with Gasteiger partial charge in [0.2, 0.25) is 0 Å². The predicted molar refractivity (Wildman–Crippen MR) is 62.7 cm³/mol. The summed E-state index contributed by atoms with van der Waals surface area (Å²) in [6, 6.07) is 0. The van der Waals surface area contributed by atoms with Gasteiger partial charge in [0.1, 0.15) is 0 Å². The van der Waals surface area contributed by atoms with Crippen LogP contribution >= 0.6 is 27.3 Å². The van der Waals surface area contributed by atoms with Crippen molar-refractivity contribution in [2.75, 3.05) is 7.11 Å². The van der Waals surface area contributed by atoms with Crippen LogP contribution < -0.4 is 0 Å². The Hall–Kier alpha value is 0.100. The van der Waals surface area contributed by atoms with Crippen LogP contribution in [0.1, 0.15) is 31.4 Å². The molecular weight excluding hydrogens is 264 g/mol. The highest BCUT2D eigenvalue weighted by Crippen LogP contribution is 2.30. The smallest absolute Gasteiger partial charge is 0.0810 e. The minimum atomic E-state index is -0.381. The summed E-state index contributed by atoms with van der Waals surface area (Å²) in [6.07, 6.45) is 1.44. The van der Waals surface area contributed by atoms with Gasteiger partial charge in [-0.25, -0.2) is 0 Å². The van der Waals surface area contributed by atoms with Gasteiger partial charge in [-0.3, -0.25) is 0 Å². The lowest BCUT2D eigenvalue weighted by atomic mass is 10.1. The highest BCUT2D eigenvalue weighted by Gasteiger charge is 2.13. The molecule has 0 saturated heterocycles. The third kappa shape index (κ3) is 3.35. The number of methoxy groups -OCH3 is 1. The van der Waals surface area contributed by atoms with E-state index in [1.54, 1.807) is 18.4 Å². The summed E-state index contributed by atoms with van der Waals surface area (Å²) in [5, 5.41) is 13.8. The maximum atomic E-state index is 9.86. The van der Waals surface area contributed by atoms with E-state index in [-0.39, 0.29) is 12.2 Å². The van der Waals surface area contributed by atoms with Crippen molar-refractivity contribution in [1.29, 1.82) is 0 Å². The van der Waals surface area contributed by atoms with Crippen molar-refractivity contribution in [3.8, 4) is 0 Å². The second-order valence-corrected chi connectivity index (χ2v) is 4.91. The van der Waals surface area contributed by atoms with Crippen LogP contribution in [-0.2, 0) is 4.74 Å². The lowest BCUT2D eigenvalue weighted by molar-refractivity contribution is 0.0850. The fourth-order valence-corrected chi connectivity index (χ4v) is 2.80. The van der Waals surface area contributed by atoms with Crippen molar-refractivity contribution < 1.29 is 9.84 Å². The van der Waals surface area contributed by atoms with Crippen molar-refractivity contribution >= 4 is 27.3 Å². The molecule has 0 saturated carbocycles. The first-order valence-corrected chi connectivity index (χ1v) is 6.31. The van der Waals surface area contributed by atoms with E-state index in [1.165, 1.54) is 0 Å². The topological polar surface area (TPSA) is 29.5 Å². The zero-order chi connectivity index (χ0) is 10.6. The van der Waals surface area contributed by atoms with Crippen molar-refractivity contribution in [3.05, 3.63) is 20.8 Å². The lowest BCUT2D eigenvalue weighted by Crippen LogP contribution is -2.07. The molecule has 0 aromatic carbocycles. The van der Waals surface area contributed by atoms with Gasteiger partial charge >= 0.3 is 0 Å². The number of rotatable bonds is 5. The van der Waals surface area contributed by atoms with Gasteiger partial charge in [-0.05, 0) is 41.1 Å². The van der Waals surface area contributed by atoms with Gasteiger partial charge in [0.25, 0.3) is 0 Å². The molecule has 0 radical (unpaired) electrons. The Bertz CT molecular complexity index is 275. The molecule has 0 amide bonds. The summed E-state index contributed by atoms with van der Waals surface area (Å²) < 4.78 is 6.13. The minimum Gasteiger partial charge on any atom is -0.388 e. The molecule has 14 heavy (non-hydrogen) atoms. The average Bonchev–Trinajstić information content (AvgIpc) is 2.60. The largest absolute Gasteiger partial charge is 0.388 e. The maximum absolute atomic E-state index is 9.86. The molecule has 2 atom stereocenters. The van der Waals surface area contributed by atoms with Crippen LogP contribution in [0.5, 0.6) is 0 Å². The molecule has 1 rings (SSSR count). The van der Waals surface area contributed by atoms with E-state index in [4.69, 9.17) is 4.74 Å². The van der Waals surface area contributed by atoms with Crippen LogP contribution in [0.4, 0.5) is 0 Å². The molecule has 2 unspecified atom stereocenters. The predicted octanol–water partition coefficient (Wildman–Crippen LogP) is 3.36. The molecule has 2 nitrogen and oxygen atoms in total. The van der Waals surface area contributed by atoms with Crippen molar-refractivity contribution in [1.82, 2.24) is 0 Å². The molecule has 4 heteroatoms. The Balaban J connectivity index is 2.43. The van der Waals surface area contributed by atoms with Crippen LogP contribution in [0.25, 0.3) is 0 Å². The van der Waals surface area contributed by atoms with Gasteiger partial charge in [-0.15, -0.1) is 0 Å². The van der Waals surface area contributed by atoms with Crippen LogP contribution in [0.15, 0.2) is 15.2 Å². The van der Waals surface area contributed by atoms with E-state index >= 15 is 0 Å². The quantitative estimate of drug-likeness (QED) is 0.895. The Labute approximate surface area is 97.0 Å². The molecule has 0 bridgehead atoms. The molecule has 1 aromatic rings.